The van der Waals surface area contributed by atoms with Crippen LogP contribution in [-0.4, -0.2) is 70.6 Å². The van der Waals surface area contributed by atoms with E-state index in [0.717, 1.165) is 31.0 Å². The Morgan fingerprint density at radius 3 is 2.10 bits per heavy atom. The first-order chi connectivity index (χ1) is 22.9. The van der Waals surface area contributed by atoms with Crippen molar-refractivity contribution in [2.45, 2.75) is 97.1 Å². The highest BCUT2D eigenvalue weighted by Gasteiger charge is 2.30. The Bertz CT molecular complexity index is 1350. The number of aliphatic hydroxyl groups is 1. The predicted molar refractivity (Wildman–Crippen MR) is 179 cm³/mol. The zero-order valence-electron chi connectivity index (χ0n) is 28.4. The lowest BCUT2D eigenvalue weighted by Gasteiger charge is -2.29. The Hall–Kier alpha value is -3.86. The lowest BCUT2D eigenvalue weighted by molar-refractivity contribution is -0.143. The third-order valence-corrected chi connectivity index (χ3v) is 9.10. The number of carbonyl (C=O) groups is 4. The average Bonchev–Trinajstić information content (AvgIpc) is 3.06. The molecule has 48 heavy (non-hydrogen) atoms. The molecule has 1 saturated carbocycles. The van der Waals surface area contributed by atoms with Crippen LogP contribution >= 0.6 is 0 Å². The van der Waals surface area contributed by atoms with Gasteiger partial charge >= 0.3 is 5.97 Å². The molecule has 0 aliphatic heterocycles. The molecule has 11 heteroatoms. The monoisotopic (exact) mass is 671 g/mol. The van der Waals surface area contributed by atoms with Gasteiger partial charge in [0.05, 0.1) is 18.1 Å². The van der Waals surface area contributed by atoms with Crippen LogP contribution in [-0.2, 0) is 16.0 Å². The molecule has 1 aliphatic rings. The number of aliphatic carboxylic acids is 1. The Balaban J connectivity index is 1.76. The smallest absolute Gasteiger partial charge is 0.306 e. The first-order valence-electron chi connectivity index (χ1n) is 17.3. The highest BCUT2D eigenvalue weighted by molar-refractivity contribution is 5.99. The van der Waals surface area contributed by atoms with Gasteiger partial charge in [-0.15, -0.1) is 0 Å². The number of carboxylic acid groups (broad SMARTS) is 1. The van der Waals surface area contributed by atoms with E-state index in [0.29, 0.717) is 63.7 Å². The van der Waals surface area contributed by atoms with Crippen molar-refractivity contribution in [3.63, 3.8) is 0 Å². The van der Waals surface area contributed by atoms with Gasteiger partial charge in [0.1, 0.15) is 11.6 Å². The number of carbonyl (C=O) groups excluding carboxylic acids is 3. The molecule has 1 unspecified atom stereocenters. The summed E-state index contributed by atoms with van der Waals surface area (Å²) in [4.78, 5) is 53.1. The molecule has 0 bridgehead atoms. The third-order valence-electron chi connectivity index (χ3n) is 9.10. The molecule has 1 fully saturated rings. The van der Waals surface area contributed by atoms with Gasteiger partial charge in [0.15, 0.2) is 0 Å². The lowest BCUT2D eigenvalue weighted by Crippen LogP contribution is -2.47. The average molecular weight is 672 g/mol. The van der Waals surface area contributed by atoms with Crippen molar-refractivity contribution in [2.75, 3.05) is 19.6 Å². The van der Waals surface area contributed by atoms with Gasteiger partial charge in [0.25, 0.3) is 11.8 Å². The minimum atomic E-state index is -1.25. The minimum absolute atomic E-state index is 0.00427. The quantitative estimate of drug-likeness (QED) is 0.160. The Morgan fingerprint density at radius 1 is 0.896 bits per heavy atom. The summed E-state index contributed by atoms with van der Waals surface area (Å²) in [6.07, 6.45) is 3.91. The number of hydrogen-bond donors (Lipinski definition) is 4. The van der Waals surface area contributed by atoms with Crippen molar-refractivity contribution in [1.82, 2.24) is 15.5 Å². The zero-order chi connectivity index (χ0) is 35.2. The fraction of sp³-hybridized carbons (Fsp3) is 0.568. The Morgan fingerprint density at radius 2 is 1.52 bits per heavy atom. The second kappa shape index (κ2) is 19.2. The molecular weight excluding hydrogens is 620 g/mol. The summed E-state index contributed by atoms with van der Waals surface area (Å²) in [5, 5.41) is 26.5. The van der Waals surface area contributed by atoms with Crippen molar-refractivity contribution in [2.24, 2.45) is 17.8 Å². The molecule has 3 rings (SSSR count). The van der Waals surface area contributed by atoms with Crippen LogP contribution in [0.25, 0.3) is 0 Å². The van der Waals surface area contributed by atoms with Crippen LogP contribution in [0.1, 0.15) is 105 Å². The molecule has 4 N–H and O–H groups in total. The number of amides is 3. The Labute approximate surface area is 282 Å². The minimum Gasteiger partial charge on any atom is -0.481 e. The first kappa shape index (κ1) is 38.6. The van der Waals surface area contributed by atoms with Crippen LogP contribution in [0.15, 0.2) is 42.5 Å². The van der Waals surface area contributed by atoms with Gasteiger partial charge in [0, 0.05) is 42.7 Å². The van der Waals surface area contributed by atoms with Crippen molar-refractivity contribution in [1.29, 1.82) is 0 Å². The van der Waals surface area contributed by atoms with E-state index in [9.17, 15) is 38.2 Å². The van der Waals surface area contributed by atoms with Crippen molar-refractivity contribution >= 4 is 23.7 Å². The van der Waals surface area contributed by atoms with E-state index in [1.165, 1.54) is 6.07 Å². The van der Waals surface area contributed by atoms with Gasteiger partial charge in [0.2, 0.25) is 5.91 Å². The summed E-state index contributed by atoms with van der Waals surface area (Å²) in [6, 6.07) is 8.32. The molecule has 0 radical (unpaired) electrons. The van der Waals surface area contributed by atoms with E-state index in [2.05, 4.69) is 10.6 Å². The summed E-state index contributed by atoms with van der Waals surface area (Å²) >= 11 is 0. The summed E-state index contributed by atoms with van der Waals surface area (Å²) in [6.45, 7) is 7.47. The zero-order valence-corrected chi connectivity index (χ0v) is 28.4. The maximum Gasteiger partial charge on any atom is 0.306 e. The van der Waals surface area contributed by atoms with Gasteiger partial charge in [-0.2, -0.15) is 0 Å². The third kappa shape index (κ3) is 11.7. The topological polar surface area (TPSA) is 136 Å². The van der Waals surface area contributed by atoms with Crippen LogP contribution < -0.4 is 10.6 Å². The normalized spacial score (nSPS) is 18.0. The van der Waals surface area contributed by atoms with Crippen LogP contribution in [0, 0.1) is 29.4 Å². The predicted octanol–water partition coefficient (Wildman–Crippen LogP) is 5.74. The molecule has 0 heterocycles. The highest BCUT2D eigenvalue weighted by Crippen LogP contribution is 2.29. The Kier molecular flexibility index (Phi) is 15.4. The van der Waals surface area contributed by atoms with Crippen LogP contribution in [0.5, 0.6) is 0 Å². The number of nitrogens with one attached hydrogen (secondary N) is 2. The second-order valence-corrected chi connectivity index (χ2v) is 13.0. The number of halogens is 2. The van der Waals surface area contributed by atoms with Gasteiger partial charge in [-0.25, -0.2) is 8.78 Å². The van der Waals surface area contributed by atoms with E-state index in [-0.39, 0.29) is 47.6 Å². The largest absolute Gasteiger partial charge is 0.481 e. The molecule has 2 aromatic carbocycles. The fourth-order valence-electron chi connectivity index (χ4n) is 6.51. The molecule has 0 saturated heterocycles. The molecule has 2 aromatic rings. The summed E-state index contributed by atoms with van der Waals surface area (Å²) in [5.41, 5.74) is 0.769. The maximum atomic E-state index is 14.1. The number of aliphatic hydroxyl groups excluding tert-OH is 1. The number of rotatable bonds is 18. The number of benzene rings is 2. The summed E-state index contributed by atoms with van der Waals surface area (Å²) in [7, 11) is 0. The molecule has 9 nitrogen and oxygen atoms in total. The molecule has 1 aliphatic carbocycles. The van der Waals surface area contributed by atoms with E-state index >= 15 is 0 Å². The van der Waals surface area contributed by atoms with E-state index in [1.807, 2.05) is 20.8 Å². The van der Waals surface area contributed by atoms with Crippen molar-refractivity contribution < 1.29 is 38.2 Å². The van der Waals surface area contributed by atoms with Crippen molar-refractivity contribution in [3.05, 3.63) is 70.8 Å². The van der Waals surface area contributed by atoms with Crippen LogP contribution in [0.4, 0.5) is 8.78 Å². The number of carboxylic acids is 1. The molecule has 0 aromatic heterocycles. The molecule has 264 valence electrons. The lowest BCUT2D eigenvalue weighted by atomic mass is 9.82. The summed E-state index contributed by atoms with van der Waals surface area (Å²) < 4.78 is 28.2. The molecule has 0 spiro atoms. The van der Waals surface area contributed by atoms with Gasteiger partial charge < -0.3 is 25.7 Å². The van der Waals surface area contributed by atoms with Crippen LogP contribution in [0.2, 0.25) is 0 Å². The fourth-order valence-corrected chi connectivity index (χ4v) is 6.51. The maximum absolute atomic E-state index is 14.1. The van der Waals surface area contributed by atoms with Gasteiger partial charge in [-0.05, 0) is 99.6 Å². The van der Waals surface area contributed by atoms with Crippen molar-refractivity contribution in [3.8, 4) is 0 Å². The van der Waals surface area contributed by atoms with E-state index in [1.54, 1.807) is 23.1 Å². The van der Waals surface area contributed by atoms with E-state index < -0.39 is 41.6 Å². The summed E-state index contributed by atoms with van der Waals surface area (Å²) in [5.74, 6) is -4.14. The van der Waals surface area contributed by atoms with E-state index in [4.69, 9.17) is 0 Å². The first-order valence-corrected chi connectivity index (χ1v) is 17.3. The van der Waals surface area contributed by atoms with Gasteiger partial charge in [-0.1, -0.05) is 33.3 Å². The molecule has 3 atom stereocenters. The molecule has 3 amide bonds. The SMILES string of the molecule is CCC[C@H](CC(O)[C@H](Cc1cc(F)cc(F)c1)NC(=O)c1cccc(C(=O)N(CCC)CCC)c1)C(=O)NCC1CCC(C(=O)O)CC1. The number of hydrogen-bond acceptors (Lipinski definition) is 5. The molecular formula is C37H51F2N3O6. The standard InChI is InChI=1S/C37H51F2N3O6/c1-4-8-27(34(44)40-23-24-11-13-26(14-12-24)37(47)48)21-33(43)32(19-25-17-30(38)22-31(39)18-25)41-35(45)28-9-7-10-29(20-28)36(46)42(15-5-2)16-6-3/h7,9-10,17-18,20,22,24,26-27,32-33,43H,4-6,8,11-16,19,21,23H2,1-3H3,(H,40,44)(H,41,45)(H,47,48)/t24?,26?,27-,32+,33?/m1/s1. The van der Waals surface area contributed by atoms with Gasteiger partial charge in [-0.3, -0.25) is 19.2 Å². The number of nitrogens with zero attached hydrogens (tertiary/aromatic N) is 1. The second-order valence-electron chi connectivity index (χ2n) is 13.0. The highest BCUT2D eigenvalue weighted by atomic mass is 19.1. The van der Waals surface area contributed by atoms with Crippen LogP contribution in [0.3, 0.4) is 0 Å².